The van der Waals surface area contributed by atoms with Crippen molar-refractivity contribution in [2.45, 2.75) is 32.1 Å². The Bertz CT molecular complexity index is 670. The minimum atomic E-state index is 0.0690. The summed E-state index contributed by atoms with van der Waals surface area (Å²) in [6.07, 6.45) is 2.85. The van der Waals surface area contributed by atoms with Gasteiger partial charge in [-0.2, -0.15) is 0 Å². The molecule has 0 spiro atoms. The first kappa shape index (κ1) is 17.1. The van der Waals surface area contributed by atoms with Crippen LogP contribution in [0.2, 0.25) is 0 Å². The van der Waals surface area contributed by atoms with Crippen molar-refractivity contribution in [3.05, 3.63) is 52.0 Å². The molecule has 4 nitrogen and oxygen atoms in total. The van der Waals surface area contributed by atoms with Gasteiger partial charge in [0.15, 0.2) is 0 Å². The zero-order valence-electron chi connectivity index (χ0n) is 14.1. The predicted octanol–water partition coefficient (Wildman–Crippen LogP) is 3.30. The highest BCUT2D eigenvalue weighted by Gasteiger charge is 2.32. The number of hydrogen-bond acceptors (Lipinski definition) is 4. The van der Waals surface area contributed by atoms with Gasteiger partial charge < -0.3 is 10.6 Å². The van der Waals surface area contributed by atoms with Crippen LogP contribution in [0.25, 0.3) is 0 Å². The van der Waals surface area contributed by atoms with Crippen molar-refractivity contribution in [3.63, 3.8) is 0 Å². The molecule has 0 radical (unpaired) electrons. The van der Waals surface area contributed by atoms with Crippen LogP contribution in [0.1, 0.15) is 46.7 Å². The molecule has 2 aromatic rings. The van der Waals surface area contributed by atoms with E-state index in [1.807, 2.05) is 10.3 Å². The van der Waals surface area contributed by atoms with Gasteiger partial charge in [0.05, 0.1) is 5.01 Å². The van der Waals surface area contributed by atoms with Crippen LogP contribution in [0, 0.1) is 5.92 Å². The molecule has 128 valence electrons. The van der Waals surface area contributed by atoms with Crippen molar-refractivity contribution in [1.82, 2.24) is 9.88 Å². The topological polar surface area (TPSA) is 59.2 Å². The highest BCUT2D eigenvalue weighted by molar-refractivity contribution is 7.09. The number of benzene rings is 1. The number of carbonyl (C=O) groups excluding carboxylic acids is 1. The standard InChI is InChI=1S/C19H25N3OS/c1-2-14-12-22(11-9-16(14)15-6-4-3-5-7-15)19(23)17-13-24-18(21-17)8-10-20/h3-7,13-14,16H,2,8-12,20H2,1H3. The van der Waals surface area contributed by atoms with E-state index in [2.05, 4.69) is 42.2 Å². The van der Waals surface area contributed by atoms with Crippen LogP contribution >= 0.6 is 11.3 Å². The maximum Gasteiger partial charge on any atom is 0.273 e. The molecule has 1 aromatic heterocycles. The molecule has 2 heterocycles. The smallest absolute Gasteiger partial charge is 0.273 e. The van der Waals surface area contributed by atoms with Crippen molar-refractivity contribution >= 4 is 17.2 Å². The Balaban J connectivity index is 1.69. The summed E-state index contributed by atoms with van der Waals surface area (Å²) >= 11 is 1.53. The Morgan fingerprint density at radius 1 is 1.38 bits per heavy atom. The first-order chi connectivity index (χ1) is 11.7. The molecule has 1 aliphatic rings. The zero-order chi connectivity index (χ0) is 16.9. The average Bonchev–Trinajstić information content (AvgIpc) is 3.10. The molecule has 5 heteroatoms. The van der Waals surface area contributed by atoms with E-state index < -0.39 is 0 Å². The Kier molecular flexibility index (Phi) is 5.63. The number of aromatic nitrogens is 1. The second-order valence-electron chi connectivity index (χ2n) is 6.39. The van der Waals surface area contributed by atoms with Crippen molar-refractivity contribution in [1.29, 1.82) is 0 Å². The molecule has 3 rings (SSSR count). The number of piperidine rings is 1. The minimum absolute atomic E-state index is 0.0690. The van der Waals surface area contributed by atoms with E-state index in [-0.39, 0.29) is 5.91 Å². The van der Waals surface area contributed by atoms with Gasteiger partial charge in [0.25, 0.3) is 5.91 Å². The number of rotatable bonds is 5. The van der Waals surface area contributed by atoms with Crippen LogP contribution in [0.3, 0.4) is 0 Å². The third-order valence-electron chi connectivity index (χ3n) is 4.90. The molecule has 0 saturated carbocycles. The molecule has 24 heavy (non-hydrogen) atoms. The van der Waals surface area contributed by atoms with E-state index in [4.69, 9.17) is 5.73 Å². The summed E-state index contributed by atoms with van der Waals surface area (Å²) in [5.74, 6) is 1.12. The van der Waals surface area contributed by atoms with E-state index in [0.717, 1.165) is 37.4 Å². The summed E-state index contributed by atoms with van der Waals surface area (Å²) in [5.41, 5.74) is 7.55. The fourth-order valence-corrected chi connectivity index (χ4v) is 4.37. The number of thiazole rings is 1. The number of nitrogens with zero attached hydrogens (tertiary/aromatic N) is 2. The Labute approximate surface area is 147 Å². The quantitative estimate of drug-likeness (QED) is 0.906. The summed E-state index contributed by atoms with van der Waals surface area (Å²) < 4.78 is 0. The first-order valence-electron chi connectivity index (χ1n) is 8.71. The van der Waals surface area contributed by atoms with Gasteiger partial charge in [0, 0.05) is 24.9 Å². The fourth-order valence-electron chi connectivity index (χ4n) is 3.58. The number of nitrogens with two attached hydrogens (primary N) is 1. The molecular formula is C19H25N3OS. The normalized spacial score (nSPS) is 21.0. The van der Waals surface area contributed by atoms with E-state index in [9.17, 15) is 4.79 Å². The lowest BCUT2D eigenvalue weighted by molar-refractivity contribution is 0.0640. The second kappa shape index (κ2) is 7.90. The Morgan fingerprint density at radius 2 is 2.17 bits per heavy atom. The average molecular weight is 343 g/mol. The molecule has 1 aromatic carbocycles. The molecule has 1 aliphatic heterocycles. The van der Waals surface area contributed by atoms with Crippen molar-refractivity contribution in [3.8, 4) is 0 Å². The molecular weight excluding hydrogens is 318 g/mol. The minimum Gasteiger partial charge on any atom is -0.337 e. The molecule has 2 atom stereocenters. The SMILES string of the molecule is CCC1CN(C(=O)c2csc(CCN)n2)CCC1c1ccccc1. The number of hydrogen-bond donors (Lipinski definition) is 1. The van der Waals surface area contributed by atoms with Gasteiger partial charge in [0.2, 0.25) is 0 Å². The highest BCUT2D eigenvalue weighted by Crippen LogP contribution is 2.35. The van der Waals surface area contributed by atoms with E-state index in [0.29, 0.717) is 24.1 Å². The number of carbonyl (C=O) groups is 1. The van der Waals surface area contributed by atoms with Gasteiger partial charge in [-0.1, -0.05) is 43.7 Å². The monoisotopic (exact) mass is 343 g/mol. The summed E-state index contributed by atoms with van der Waals surface area (Å²) in [5, 5.41) is 2.82. The molecule has 0 aliphatic carbocycles. The van der Waals surface area contributed by atoms with Gasteiger partial charge in [-0.25, -0.2) is 4.98 Å². The lowest BCUT2D eigenvalue weighted by atomic mass is 9.79. The van der Waals surface area contributed by atoms with Crippen LogP contribution in [-0.2, 0) is 6.42 Å². The lowest BCUT2D eigenvalue weighted by Crippen LogP contribution is -2.43. The summed E-state index contributed by atoms with van der Waals surface area (Å²) in [7, 11) is 0. The maximum absolute atomic E-state index is 12.8. The lowest BCUT2D eigenvalue weighted by Gasteiger charge is -2.38. The van der Waals surface area contributed by atoms with Crippen LogP contribution in [-0.4, -0.2) is 35.4 Å². The van der Waals surface area contributed by atoms with Crippen LogP contribution in [0.5, 0.6) is 0 Å². The van der Waals surface area contributed by atoms with E-state index in [1.54, 1.807) is 0 Å². The Hall–Kier alpha value is -1.72. The fraction of sp³-hybridized carbons (Fsp3) is 0.474. The van der Waals surface area contributed by atoms with Crippen molar-refractivity contribution < 1.29 is 4.79 Å². The van der Waals surface area contributed by atoms with Crippen molar-refractivity contribution in [2.24, 2.45) is 11.7 Å². The van der Waals surface area contributed by atoms with Gasteiger partial charge in [-0.3, -0.25) is 4.79 Å². The molecule has 2 N–H and O–H groups in total. The third-order valence-corrected chi connectivity index (χ3v) is 5.81. The van der Waals surface area contributed by atoms with Crippen molar-refractivity contribution in [2.75, 3.05) is 19.6 Å². The van der Waals surface area contributed by atoms with Gasteiger partial charge in [-0.15, -0.1) is 11.3 Å². The summed E-state index contributed by atoms with van der Waals surface area (Å²) in [6.45, 7) is 4.41. The third kappa shape index (κ3) is 3.68. The number of likely N-dealkylation sites (tertiary alicyclic amines) is 1. The maximum atomic E-state index is 12.8. The molecule has 2 unspecified atom stereocenters. The van der Waals surface area contributed by atoms with Gasteiger partial charge >= 0.3 is 0 Å². The zero-order valence-corrected chi connectivity index (χ0v) is 15.0. The molecule has 1 fully saturated rings. The number of amides is 1. The summed E-state index contributed by atoms with van der Waals surface area (Å²) in [6, 6.07) is 10.7. The molecule has 1 saturated heterocycles. The molecule has 1 amide bonds. The van der Waals surface area contributed by atoms with Crippen LogP contribution in [0.4, 0.5) is 0 Å². The van der Waals surface area contributed by atoms with Gasteiger partial charge in [-0.05, 0) is 30.4 Å². The largest absolute Gasteiger partial charge is 0.337 e. The second-order valence-corrected chi connectivity index (χ2v) is 7.33. The van der Waals surface area contributed by atoms with Gasteiger partial charge in [0.1, 0.15) is 5.69 Å². The van der Waals surface area contributed by atoms with E-state index in [1.165, 1.54) is 16.9 Å². The van der Waals surface area contributed by atoms with Crippen LogP contribution in [0.15, 0.2) is 35.7 Å². The van der Waals surface area contributed by atoms with Crippen LogP contribution < -0.4 is 5.73 Å². The highest BCUT2D eigenvalue weighted by atomic mass is 32.1. The first-order valence-corrected chi connectivity index (χ1v) is 9.59. The molecule has 0 bridgehead atoms. The predicted molar refractivity (Wildman–Crippen MR) is 98.4 cm³/mol. The summed E-state index contributed by atoms with van der Waals surface area (Å²) in [4.78, 5) is 19.2. The van der Waals surface area contributed by atoms with E-state index >= 15 is 0 Å². The Morgan fingerprint density at radius 3 is 2.88 bits per heavy atom.